The summed E-state index contributed by atoms with van der Waals surface area (Å²) in [6, 6.07) is 0. The molecule has 1 saturated heterocycles. The van der Waals surface area contributed by atoms with Gasteiger partial charge in [-0.25, -0.2) is 0 Å². The summed E-state index contributed by atoms with van der Waals surface area (Å²) in [6.07, 6.45) is 2.34. The number of carboxylic acid groups (broad SMARTS) is 1. The highest BCUT2D eigenvalue weighted by Crippen LogP contribution is 2.22. The molecule has 0 bridgehead atoms. The van der Waals surface area contributed by atoms with Gasteiger partial charge >= 0.3 is 5.97 Å². The maximum Gasteiger partial charge on any atom is 0.312 e. The molecular formula is C11H18N2O4. The molecule has 1 heterocycles. The molecule has 17 heavy (non-hydrogen) atoms. The quantitative estimate of drug-likeness (QED) is 0.661. The number of likely N-dealkylation sites (tertiary alicyclic amines) is 1. The third kappa shape index (κ3) is 4.84. The van der Waals surface area contributed by atoms with Crippen LogP contribution in [0.4, 0.5) is 0 Å². The molecule has 0 aromatic rings. The molecule has 0 atom stereocenters. The summed E-state index contributed by atoms with van der Waals surface area (Å²) < 4.78 is 0. The number of carboxylic acids is 1. The van der Waals surface area contributed by atoms with Crippen molar-refractivity contribution < 1.29 is 19.5 Å². The highest BCUT2D eigenvalue weighted by molar-refractivity contribution is 5.93. The highest BCUT2D eigenvalue weighted by Gasteiger charge is 2.23. The van der Waals surface area contributed by atoms with Gasteiger partial charge in [-0.3, -0.25) is 14.4 Å². The van der Waals surface area contributed by atoms with E-state index < -0.39 is 12.4 Å². The van der Waals surface area contributed by atoms with Crippen LogP contribution < -0.4 is 5.73 Å². The van der Waals surface area contributed by atoms with Crippen molar-refractivity contribution in [3.63, 3.8) is 0 Å². The van der Waals surface area contributed by atoms with Crippen molar-refractivity contribution in [3.8, 4) is 0 Å². The molecule has 0 unspecified atom stereocenters. The third-order valence-corrected chi connectivity index (χ3v) is 3.07. The van der Waals surface area contributed by atoms with Gasteiger partial charge in [0, 0.05) is 19.5 Å². The standard InChI is InChI=1S/C11H18N2O4/c12-9(14)2-1-8-3-5-13(6-4-8)10(15)7-11(16)17/h8H,1-7H2,(H2,12,14)(H,16,17). The summed E-state index contributed by atoms with van der Waals surface area (Å²) in [5.41, 5.74) is 5.07. The Labute approximate surface area is 99.8 Å². The minimum absolute atomic E-state index is 0.297. The van der Waals surface area contributed by atoms with Gasteiger partial charge in [-0.15, -0.1) is 0 Å². The number of amides is 2. The van der Waals surface area contributed by atoms with Crippen molar-refractivity contribution in [1.82, 2.24) is 4.90 Å². The van der Waals surface area contributed by atoms with Crippen molar-refractivity contribution >= 4 is 17.8 Å². The van der Waals surface area contributed by atoms with Crippen molar-refractivity contribution in [3.05, 3.63) is 0 Å². The number of hydrogen-bond acceptors (Lipinski definition) is 3. The van der Waals surface area contributed by atoms with Crippen LogP contribution >= 0.6 is 0 Å². The number of carbonyl (C=O) groups excluding carboxylic acids is 2. The van der Waals surface area contributed by atoms with Gasteiger partial charge in [0.2, 0.25) is 11.8 Å². The van der Waals surface area contributed by atoms with Gasteiger partial charge < -0.3 is 15.7 Å². The Morgan fingerprint density at radius 3 is 2.29 bits per heavy atom. The number of aliphatic carboxylic acids is 1. The first-order chi connectivity index (χ1) is 7.99. The SMILES string of the molecule is NC(=O)CCC1CCN(C(=O)CC(=O)O)CC1. The lowest BCUT2D eigenvalue weighted by atomic mass is 9.92. The fourth-order valence-electron chi connectivity index (χ4n) is 2.06. The number of primary amides is 1. The summed E-state index contributed by atoms with van der Waals surface area (Å²) in [4.78, 5) is 34.1. The van der Waals surface area contributed by atoms with E-state index in [2.05, 4.69) is 0 Å². The minimum Gasteiger partial charge on any atom is -0.481 e. The van der Waals surface area contributed by atoms with E-state index in [1.54, 1.807) is 4.90 Å². The molecule has 1 aliphatic heterocycles. The highest BCUT2D eigenvalue weighted by atomic mass is 16.4. The van der Waals surface area contributed by atoms with Crippen molar-refractivity contribution in [2.24, 2.45) is 11.7 Å². The Morgan fingerprint density at radius 1 is 1.24 bits per heavy atom. The molecule has 96 valence electrons. The maximum atomic E-state index is 11.5. The Bertz CT molecular complexity index is 309. The zero-order valence-electron chi connectivity index (χ0n) is 9.72. The van der Waals surface area contributed by atoms with E-state index in [-0.39, 0.29) is 11.8 Å². The molecule has 0 spiro atoms. The molecule has 2 amide bonds. The van der Waals surface area contributed by atoms with Gasteiger partial charge in [0.25, 0.3) is 0 Å². The van der Waals surface area contributed by atoms with Gasteiger partial charge in [0.15, 0.2) is 0 Å². The van der Waals surface area contributed by atoms with Crippen LogP contribution in [0.1, 0.15) is 32.1 Å². The van der Waals surface area contributed by atoms with Crippen LogP contribution in [0.5, 0.6) is 0 Å². The number of hydrogen-bond donors (Lipinski definition) is 2. The van der Waals surface area contributed by atoms with E-state index in [0.29, 0.717) is 25.4 Å². The number of piperidine rings is 1. The number of nitrogens with zero attached hydrogens (tertiary/aromatic N) is 1. The topological polar surface area (TPSA) is 101 Å². The van der Waals surface area contributed by atoms with Crippen molar-refractivity contribution in [2.45, 2.75) is 32.1 Å². The second kappa shape index (κ2) is 6.22. The van der Waals surface area contributed by atoms with Crippen molar-refractivity contribution in [2.75, 3.05) is 13.1 Å². The van der Waals surface area contributed by atoms with E-state index in [4.69, 9.17) is 10.8 Å². The van der Waals surface area contributed by atoms with Crippen LogP contribution in [-0.2, 0) is 14.4 Å². The summed E-state index contributed by atoms with van der Waals surface area (Å²) in [6.45, 7) is 1.16. The number of rotatable bonds is 5. The lowest BCUT2D eigenvalue weighted by Crippen LogP contribution is -2.39. The molecule has 0 radical (unpaired) electrons. The lowest BCUT2D eigenvalue weighted by molar-refractivity contribution is -0.145. The molecule has 0 aromatic carbocycles. The molecule has 1 aliphatic rings. The van der Waals surface area contributed by atoms with Crippen LogP contribution in [0.15, 0.2) is 0 Å². The fourth-order valence-corrected chi connectivity index (χ4v) is 2.06. The first-order valence-electron chi connectivity index (χ1n) is 5.77. The molecule has 0 aliphatic carbocycles. The number of carbonyl (C=O) groups is 3. The average Bonchev–Trinajstić information content (AvgIpc) is 2.26. The zero-order valence-corrected chi connectivity index (χ0v) is 9.72. The monoisotopic (exact) mass is 242 g/mol. The molecule has 6 heteroatoms. The van der Waals surface area contributed by atoms with Gasteiger partial charge in [-0.1, -0.05) is 0 Å². The average molecular weight is 242 g/mol. The van der Waals surface area contributed by atoms with Crippen molar-refractivity contribution in [1.29, 1.82) is 0 Å². The fraction of sp³-hybridized carbons (Fsp3) is 0.727. The second-order valence-electron chi connectivity index (χ2n) is 4.40. The molecule has 6 nitrogen and oxygen atoms in total. The maximum absolute atomic E-state index is 11.5. The molecular weight excluding hydrogens is 224 g/mol. The minimum atomic E-state index is -1.09. The van der Waals surface area contributed by atoms with Gasteiger partial charge in [-0.05, 0) is 25.2 Å². The second-order valence-corrected chi connectivity index (χ2v) is 4.40. The lowest BCUT2D eigenvalue weighted by Gasteiger charge is -2.31. The van der Waals surface area contributed by atoms with Gasteiger partial charge in [0.05, 0.1) is 0 Å². The van der Waals surface area contributed by atoms with Crippen LogP contribution in [-0.4, -0.2) is 40.9 Å². The molecule has 0 saturated carbocycles. The smallest absolute Gasteiger partial charge is 0.312 e. The Hall–Kier alpha value is -1.59. The van der Waals surface area contributed by atoms with E-state index in [9.17, 15) is 14.4 Å². The molecule has 1 rings (SSSR count). The van der Waals surface area contributed by atoms with Gasteiger partial charge in [0.1, 0.15) is 6.42 Å². The van der Waals surface area contributed by atoms with E-state index in [1.807, 2.05) is 0 Å². The Balaban J connectivity index is 2.27. The normalized spacial score (nSPS) is 16.8. The largest absolute Gasteiger partial charge is 0.481 e. The predicted octanol–water partition coefficient (Wildman–Crippen LogP) is -0.0348. The summed E-state index contributed by atoms with van der Waals surface area (Å²) >= 11 is 0. The molecule has 1 fully saturated rings. The molecule has 3 N–H and O–H groups in total. The van der Waals surface area contributed by atoms with E-state index in [1.165, 1.54) is 0 Å². The Morgan fingerprint density at radius 2 is 1.82 bits per heavy atom. The first-order valence-corrected chi connectivity index (χ1v) is 5.77. The van der Waals surface area contributed by atoms with Gasteiger partial charge in [-0.2, -0.15) is 0 Å². The number of nitrogens with two attached hydrogens (primary N) is 1. The Kier molecular flexibility index (Phi) is 4.93. The van der Waals surface area contributed by atoms with Crippen LogP contribution in [0.3, 0.4) is 0 Å². The zero-order chi connectivity index (χ0) is 12.8. The summed E-state index contributed by atoms with van der Waals surface area (Å²) in [7, 11) is 0. The van der Waals surface area contributed by atoms with E-state index in [0.717, 1.165) is 19.3 Å². The van der Waals surface area contributed by atoms with E-state index >= 15 is 0 Å². The van der Waals surface area contributed by atoms with Crippen LogP contribution in [0.2, 0.25) is 0 Å². The summed E-state index contributed by atoms with van der Waals surface area (Å²) in [5, 5.41) is 8.51. The summed E-state index contributed by atoms with van der Waals surface area (Å²) in [5.74, 6) is -1.30. The predicted molar refractivity (Wildman–Crippen MR) is 60.0 cm³/mol. The van der Waals surface area contributed by atoms with Crippen LogP contribution in [0.25, 0.3) is 0 Å². The molecule has 0 aromatic heterocycles. The first kappa shape index (κ1) is 13.5. The van der Waals surface area contributed by atoms with Crippen LogP contribution in [0, 0.1) is 5.92 Å². The third-order valence-electron chi connectivity index (χ3n) is 3.07.